The van der Waals surface area contributed by atoms with E-state index in [1.165, 1.54) is 37.1 Å². The Kier molecular flexibility index (Phi) is 2.98. The van der Waals surface area contributed by atoms with Crippen molar-refractivity contribution in [3.8, 4) is 5.19 Å². The van der Waals surface area contributed by atoms with E-state index in [-0.39, 0.29) is 5.54 Å². The smallest absolute Gasteiger partial charge is 0.292 e. The number of aromatic nitrogens is 2. The number of hydrogen-bond donors (Lipinski definition) is 1. The van der Waals surface area contributed by atoms with Gasteiger partial charge in [-0.2, -0.15) is 9.36 Å². The molecule has 2 rings (SSSR count). The zero-order chi connectivity index (χ0) is 9.86. The van der Waals surface area contributed by atoms with Gasteiger partial charge in [-0.05, 0) is 12.8 Å². The van der Waals surface area contributed by atoms with Crippen LogP contribution >= 0.6 is 11.5 Å². The molecule has 4 nitrogen and oxygen atoms in total. The lowest BCUT2D eigenvalue weighted by molar-refractivity contribution is 0.173. The Hall–Kier alpha value is -0.680. The average Bonchev–Trinajstić information content (AvgIpc) is 2.69. The van der Waals surface area contributed by atoms with Crippen molar-refractivity contribution in [3.05, 3.63) is 6.33 Å². The molecule has 1 saturated carbocycles. The van der Waals surface area contributed by atoms with Crippen LogP contribution in [0.2, 0.25) is 0 Å². The second-order valence-electron chi connectivity index (χ2n) is 3.92. The Labute approximate surface area is 87.7 Å². The summed E-state index contributed by atoms with van der Waals surface area (Å²) in [5.74, 6) is 0. The molecule has 1 fully saturated rings. The maximum Gasteiger partial charge on any atom is 0.292 e. The summed E-state index contributed by atoms with van der Waals surface area (Å²) in [5.41, 5.74) is 6.07. The number of ether oxygens (including phenoxy) is 1. The Bertz CT molecular complexity index is 270. The molecule has 0 atom stereocenters. The minimum atomic E-state index is -0.135. The second-order valence-corrected chi connectivity index (χ2v) is 4.66. The minimum absolute atomic E-state index is 0.135. The molecular formula is C9H15N3OS. The van der Waals surface area contributed by atoms with Crippen LogP contribution in [0.5, 0.6) is 5.19 Å². The van der Waals surface area contributed by atoms with E-state index >= 15 is 0 Å². The van der Waals surface area contributed by atoms with Gasteiger partial charge >= 0.3 is 0 Å². The first-order valence-electron chi connectivity index (χ1n) is 4.97. The van der Waals surface area contributed by atoms with Gasteiger partial charge in [0.15, 0.2) is 0 Å². The zero-order valence-electron chi connectivity index (χ0n) is 8.11. The van der Waals surface area contributed by atoms with Crippen LogP contribution in [0.1, 0.15) is 32.1 Å². The van der Waals surface area contributed by atoms with Crippen LogP contribution in [0.25, 0.3) is 0 Å². The molecule has 0 amide bonds. The number of nitrogens with two attached hydrogens (primary N) is 1. The molecule has 0 spiro atoms. The predicted octanol–water partition coefficient (Wildman–Crippen LogP) is 1.58. The minimum Gasteiger partial charge on any atom is -0.467 e. The summed E-state index contributed by atoms with van der Waals surface area (Å²) in [5, 5.41) is 0.625. The summed E-state index contributed by atoms with van der Waals surface area (Å²) in [6, 6.07) is 0. The van der Waals surface area contributed by atoms with Crippen molar-refractivity contribution in [1.82, 2.24) is 9.36 Å². The first-order valence-corrected chi connectivity index (χ1v) is 5.74. The maximum atomic E-state index is 6.21. The van der Waals surface area contributed by atoms with E-state index in [0.717, 1.165) is 12.8 Å². The summed E-state index contributed by atoms with van der Waals surface area (Å²) in [4.78, 5) is 3.96. The largest absolute Gasteiger partial charge is 0.467 e. The fourth-order valence-electron chi connectivity index (χ4n) is 1.83. The SMILES string of the molecule is NC1(COc2ncns2)CCCCC1. The quantitative estimate of drug-likeness (QED) is 0.828. The van der Waals surface area contributed by atoms with Gasteiger partial charge in [0, 0.05) is 11.5 Å². The highest BCUT2D eigenvalue weighted by molar-refractivity contribution is 7.07. The molecule has 1 aliphatic rings. The van der Waals surface area contributed by atoms with E-state index in [1.54, 1.807) is 0 Å². The van der Waals surface area contributed by atoms with Crippen molar-refractivity contribution in [3.63, 3.8) is 0 Å². The summed E-state index contributed by atoms with van der Waals surface area (Å²) < 4.78 is 9.38. The lowest BCUT2D eigenvalue weighted by Gasteiger charge is -2.32. The summed E-state index contributed by atoms with van der Waals surface area (Å²) >= 11 is 1.27. The standard InChI is InChI=1S/C9H15N3OS/c10-9(4-2-1-3-5-9)6-13-8-11-7-12-14-8/h7H,1-6,10H2. The molecule has 0 bridgehead atoms. The third kappa shape index (κ3) is 2.42. The molecule has 0 saturated heterocycles. The lowest BCUT2D eigenvalue weighted by Crippen LogP contribution is -2.47. The van der Waals surface area contributed by atoms with E-state index in [2.05, 4.69) is 9.36 Å². The predicted molar refractivity (Wildman–Crippen MR) is 55.4 cm³/mol. The van der Waals surface area contributed by atoms with Gasteiger partial charge in [-0.3, -0.25) is 0 Å². The van der Waals surface area contributed by atoms with E-state index in [1.807, 2.05) is 0 Å². The number of nitrogens with zero attached hydrogens (tertiary/aromatic N) is 2. The fourth-order valence-corrected chi connectivity index (χ4v) is 2.22. The molecule has 1 heterocycles. The maximum absolute atomic E-state index is 6.21. The number of rotatable bonds is 3. The fraction of sp³-hybridized carbons (Fsp3) is 0.778. The van der Waals surface area contributed by atoms with Crippen LogP contribution in [0, 0.1) is 0 Å². The molecule has 14 heavy (non-hydrogen) atoms. The monoisotopic (exact) mass is 213 g/mol. The van der Waals surface area contributed by atoms with Crippen LogP contribution in [-0.4, -0.2) is 21.5 Å². The number of hydrogen-bond acceptors (Lipinski definition) is 5. The Morgan fingerprint density at radius 2 is 2.21 bits per heavy atom. The first-order chi connectivity index (χ1) is 6.79. The van der Waals surface area contributed by atoms with Gasteiger partial charge < -0.3 is 10.5 Å². The van der Waals surface area contributed by atoms with Crippen LogP contribution in [-0.2, 0) is 0 Å². The van der Waals surface area contributed by atoms with Crippen LogP contribution in [0.4, 0.5) is 0 Å². The highest BCUT2D eigenvalue weighted by Crippen LogP contribution is 2.26. The summed E-state index contributed by atoms with van der Waals surface area (Å²) in [6.45, 7) is 0.572. The van der Waals surface area contributed by atoms with Crippen molar-refractivity contribution < 1.29 is 4.74 Å². The van der Waals surface area contributed by atoms with Gasteiger partial charge in [-0.15, -0.1) is 0 Å². The van der Waals surface area contributed by atoms with Crippen LogP contribution < -0.4 is 10.5 Å². The molecule has 0 radical (unpaired) electrons. The molecule has 5 heteroatoms. The molecule has 78 valence electrons. The van der Waals surface area contributed by atoms with Crippen molar-refractivity contribution >= 4 is 11.5 Å². The molecule has 0 unspecified atom stereocenters. The second kappa shape index (κ2) is 4.23. The van der Waals surface area contributed by atoms with Crippen molar-refractivity contribution in [2.75, 3.05) is 6.61 Å². The first kappa shape index (κ1) is 9.86. The van der Waals surface area contributed by atoms with E-state index in [4.69, 9.17) is 10.5 Å². The molecule has 1 aromatic heterocycles. The van der Waals surface area contributed by atoms with Gasteiger partial charge in [0.2, 0.25) is 0 Å². The molecule has 0 aromatic carbocycles. The van der Waals surface area contributed by atoms with E-state index in [0.29, 0.717) is 11.8 Å². The Morgan fingerprint density at radius 3 is 2.86 bits per heavy atom. The molecule has 1 aliphatic carbocycles. The zero-order valence-corrected chi connectivity index (χ0v) is 8.92. The van der Waals surface area contributed by atoms with E-state index in [9.17, 15) is 0 Å². The van der Waals surface area contributed by atoms with Crippen LogP contribution in [0.15, 0.2) is 6.33 Å². The normalized spacial score (nSPS) is 20.6. The highest BCUT2D eigenvalue weighted by Gasteiger charge is 2.28. The average molecular weight is 213 g/mol. The van der Waals surface area contributed by atoms with Crippen molar-refractivity contribution in [1.29, 1.82) is 0 Å². The van der Waals surface area contributed by atoms with Gasteiger partial charge in [0.1, 0.15) is 12.9 Å². The molecule has 1 aromatic rings. The van der Waals surface area contributed by atoms with Crippen molar-refractivity contribution in [2.45, 2.75) is 37.6 Å². The highest BCUT2D eigenvalue weighted by atomic mass is 32.1. The topological polar surface area (TPSA) is 61.0 Å². The Morgan fingerprint density at radius 1 is 1.43 bits per heavy atom. The van der Waals surface area contributed by atoms with Gasteiger partial charge in [0.05, 0.1) is 5.54 Å². The van der Waals surface area contributed by atoms with Crippen molar-refractivity contribution in [2.24, 2.45) is 5.73 Å². The summed E-state index contributed by atoms with van der Waals surface area (Å²) in [6.07, 6.45) is 7.37. The summed E-state index contributed by atoms with van der Waals surface area (Å²) in [7, 11) is 0. The molecular weight excluding hydrogens is 198 g/mol. The molecule has 2 N–H and O–H groups in total. The van der Waals surface area contributed by atoms with Gasteiger partial charge in [-0.25, -0.2) is 0 Å². The van der Waals surface area contributed by atoms with Crippen LogP contribution in [0.3, 0.4) is 0 Å². The van der Waals surface area contributed by atoms with Gasteiger partial charge in [-0.1, -0.05) is 19.3 Å². The Balaban J connectivity index is 1.84. The molecule has 0 aliphatic heterocycles. The third-order valence-corrected chi connectivity index (χ3v) is 3.25. The van der Waals surface area contributed by atoms with Gasteiger partial charge in [0.25, 0.3) is 5.19 Å². The lowest BCUT2D eigenvalue weighted by atomic mass is 9.83. The van der Waals surface area contributed by atoms with E-state index < -0.39 is 0 Å². The third-order valence-electron chi connectivity index (χ3n) is 2.67.